The van der Waals surface area contributed by atoms with Gasteiger partial charge in [-0.15, -0.1) is 0 Å². The van der Waals surface area contributed by atoms with E-state index in [1.54, 1.807) is 18.2 Å². The number of nitrogens with zero attached hydrogens (tertiary/aromatic N) is 1. The summed E-state index contributed by atoms with van der Waals surface area (Å²) in [4.78, 5) is 12.2. The quantitative estimate of drug-likeness (QED) is 0.821. The Hall–Kier alpha value is -2.30. The highest BCUT2D eigenvalue weighted by Gasteiger charge is 2.18. The molecule has 1 aromatic carbocycles. The maximum Gasteiger partial charge on any atom is 0.294 e. The average Bonchev–Trinajstić information content (AvgIpc) is 2.94. The van der Waals surface area contributed by atoms with Crippen molar-refractivity contribution in [3.63, 3.8) is 0 Å². The van der Waals surface area contributed by atoms with Crippen LogP contribution < -0.4 is 11.1 Å². The Balaban J connectivity index is 2.15. The molecule has 5 heteroatoms. The fraction of sp³-hybridized carbons (Fsp3) is 0.375. The molecule has 0 aliphatic heterocycles. The third kappa shape index (κ3) is 3.42. The van der Waals surface area contributed by atoms with Gasteiger partial charge in [0.25, 0.3) is 5.91 Å². The largest absolute Gasteiger partial charge is 0.399 e. The Morgan fingerprint density at radius 1 is 1.33 bits per heavy atom. The highest BCUT2D eigenvalue weighted by molar-refractivity contribution is 6.02. The molecule has 0 bridgehead atoms. The molecule has 1 amide bonds. The molecule has 0 saturated carbocycles. The SMILES string of the molecule is CCC(CC)c1cc(C(=O)Nc2cc(N)ccc2C)on1. The van der Waals surface area contributed by atoms with Gasteiger partial charge in [0.1, 0.15) is 0 Å². The molecule has 21 heavy (non-hydrogen) atoms. The van der Waals surface area contributed by atoms with Crippen LogP contribution in [0.3, 0.4) is 0 Å². The Bertz CT molecular complexity index is 630. The fourth-order valence-corrected chi connectivity index (χ4v) is 2.25. The molecule has 3 N–H and O–H groups in total. The van der Waals surface area contributed by atoms with E-state index in [9.17, 15) is 4.79 Å². The normalized spacial score (nSPS) is 10.9. The van der Waals surface area contributed by atoms with Crippen LogP contribution >= 0.6 is 0 Å². The lowest BCUT2D eigenvalue weighted by Crippen LogP contribution is -2.12. The number of carbonyl (C=O) groups excluding carboxylic acids is 1. The second kappa shape index (κ2) is 6.43. The van der Waals surface area contributed by atoms with E-state index in [4.69, 9.17) is 10.3 Å². The van der Waals surface area contributed by atoms with Crippen LogP contribution in [-0.2, 0) is 0 Å². The number of amides is 1. The zero-order valence-corrected chi connectivity index (χ0v) is 12.6. The van der Waals surface area contributed by atoms with Crippen LogP contribution in [0.15, 0.2) is 28.8 Å². The summed E-state index contributed by atoms with van der Waals surface area (Å²) in [5.41, 5.74) is 8.79. The minimum Gasteiger partial charge on any atom is -0.399 e. The minimum atomic E-state index is -0.312. The van der Waals surface area contributed by atoms with Gasteiger partial charge in [-0.1, -0.05) is 25.1 Å². The zero-order chi connectivity index (χ0) is 15.4. The maximum atomic E-state index is 12.2. The summed E-state index contributed by atoms with van der Waals surface area (Å²) < 4.78 is 5.16. The minimum absolute atomic E-state index is 0.221. The van der Waals surface area contributed by atoms with Gasteiger partial charge < -0.3 is 15.6 Å². The highest BCUT2D eigenvalue weighted by Crippen LogP contribution is 2.23. The standard InChI is InChI=1S/C16H21N3O2/c1-4-11(5-2)14-9-15(21-19-14)16(20)18-13-8-12(17)7-6-10(13)3/h6-9,11H,4-5,17H2,1-3H3,(H,18,20). The molecule has 112 valence electrons. The van der Waals surface area contributed by atoms with Crippen molar-refractivity contribution < 1.29 is 9.32 Å². The van der Waals surface area contributed by atoms with E-state index >= 15 is 0 Å². The van der Waals surface area contributed by atoms with Gasteiger partial charge in [0.15, 0.2) is 0 Å². The van der Waals surface area contributed by atoms with Gasteiger partial charge in [0.05, 0.1) is 5.69 Å². The number of nitrogens with one attached hydrogen (secondary N) is 1. The van der Waals surface area contributed by atoms with E-state index in [0.29, 0.717) is 17.3 Å². The lowest BCUT2D eigenvalue weighted by Gasteiger charge is -2.07. The summed E-state index contributed by atoms with van der Waals surface area (Å²) >= 11 is 0. The van der Waals surface area contributed by atoms with Gasteiger partial charge in [-0.25, -0.2) is 0 Å². The molecule has 2 aromatic rings. The summed E-state index contributed by atoms with van der Waals surface area (Å²) in [5.74, 6) is 0.233. The Morgan fingerprint density at radius 2 is 2.05 bits per heavy atom. The summed E-state index contributed by atoms with van der Waals surface area (Å²) in [6.45, 7) is 6.10. The van der Waals surface area contributed by atoms with Gasteiger partial charge in [-0.2, -0.15) is 0 Å². The molecule has 0 aliphatic rings. The van der Waals surface area contributed by atoms with Crippen LogP contribution in [0.4, 0.5) is 11.4 Å². The molecule has 0 spiro atoms. The van der Waals surface area contributed by atoms with Crippen molar-refractivity contribution in [1.82, 2.24) is 5.16 Å². The van der Waals surface area contributed by atoms with E-state index in [2.05, 4.69) is 24.3 Å². The topological polar surface area (TPSA) is 81.2 Å². The molecule has 2 rings (SSSR count). The van der Waals surface area contributed by atoms with Crippen LogP contribution in [0, 0.1) is 6.92 Å². The maximum absolute atomic E-state index is 12.2. The fourth-order valence-electron chi connectivity index (χ4n) is 2.25. The van der Waals surface area contributed by atoms with E-state index in [0.717, 1.165) is 24.1 Å². The van der Waals surface area contributed by atoms with Crippen molar-refractivity contribution in [2.24, 2.45) is 0 Å². The van der Waals surface area contributed by atoms with Crippen LogP contribution in [0.25, 0.3) is 0 Å². The van der Waals surface area contributed by atoms with E-state index in [1.807, 2.05) is 13.0 Å². The Labute approximate surface area is 124 Å². The number of aromatic nitrogens is 1. The molecule has 0 unspecified atom stereocenters. The van der Waals surface area contributed by atoms with Gasteiger partial charge in [-0.05, 0) is 37.5 Å². The summed E-state index contributed by atoms with van der Waals surface area (Å²) in [6.07, 6.45) is 1.94. The van der Waals surface area contributed by atoms with E-state index < -0.39 is 0 Å². The van der Waals surface area contributed by atoms with Gasteiger partial charge in [0.2, 0.25) is 5.76 Å². The van der Waals surface area contributed by atoms with Crippen molar-refractivity contribution in [3.05, 3.63) is 41.3 Å². The molecule has 1 aromatic heterocycles. The molecular weight excluding hydrogens is 266 g/mol. The molecule has 0 radical (unpaired) electrons. The van der Waals surface area contributed by atoms with Crippen LogP contribution in [0.5, 0.6) is 0 Å². The van der Waals surface area contributed by atoms with Crippen LogP contribution in [-0.4, -0.2) is 11.1 Å². The highest BCUT2D eigenvalue weighted by atomic mass is 16.5. The molecule has 0 saturated heterocycles. The van der Waals surface area contributed by atoms with Gasteiger partial charge in [-0.3, -0.25) is 4.79 Å². The monoisotopic (exact) mass is 287 g/mol. The second-order valence-corrected chi connectivity index (χ2v) is 5.16. The molecule has 5 nitrogen and oxygen atoms in total. The van der Waals surface area contributed by atoms with Gasteiger partial charge in [0, 0.05) is 23.4 Å². The predicted molar refractivity (Wildman–Crippen MR) is 83.4 cm³/mol. The van der Waals surface area contributed by atoms with Crippen molar-refractivity contribution >= 4 is 17.3 Å². The summed E-state index contributed by atoms with van der Waals surface area (Å²) in [6, 6.07) is 7.10. The first-order chi connectivity index (χ1) is 10.0. The number of aryl methyl sites for hydroxylation is 1. The number of rotatable bonds is 5. The lowest BCUT2D eigenvalue weighted by molar-refractivity contribution is 0.0987. The van der Waals surface area contributed by atoms with Crippen molar-refractivity contribution in [1.29, 1.82) is 0 Å². The first-order valence-corrected chi connectivity index (χ1v) is 7.19. The lowest BCUT2D eigenvalue weighted by atomic mass is 9.99. The van der Waals surface area contributed by atoms with Crippen LogP contribution in [0.1, 0.15) is 54.4 Å². The summed E-state index contributed by atoms with van der Waals surface area (Å²) in [5, 5.41) is 6.80. The number of anilines is 2. The molecule has 1 heterocycles. The van der Waals surface area contributed by atoms with Crippen molar-refractivity contribution in [3.8, 4) is 0 Å². The van der Waals surface area contributed by atoms with Crippen LogP contribution in [0.2, 0.25) is 0 Å². The molecule has 0 fully saturated rings. The smallest absolute Gasteiger partial charge is 0.294 e. The Morgan fingerprint density at radius 3 is 2.71 bits per heavy atom. The van der Waals surface area contributed by atoms with Crippen molar-refractivity contribution in [2.45, 2.75) is 39.5 Å². The first kappa shape index (κ1) is 15.1. The number of hydrogen-bond acceptors (Lipinski definition) is 4. The zero-order valence-electron chi connectivity index (χ0n) is 12.6. The number of hydrogen-bond donors (Lipinski definition) is 2. The van der Waals surface area contributed by atoms with Gasteiger partial charge >= 0.3 is 0 Å². The predicted octanol–water partition coefficient (Wildman–Crippen LogP) is 3.72. The number of carbonyl (C=O) groups is 1. The second-order valence-electron chi connectivity index (χ2n) is 5.16. The van der Waals surface area contributed by atoms with E-state index in [1.165, 1.54) is 0 Å². The van der Waals surface area contributed by atoms with E-state index in [-0.39, 0.29) is 11.7 Å². The first-order valence-electron chi connectivity index (χ1n) is 7.19. The van der Waals surface area contributed by atoms with Crippen molar-refractivity contribution in [2.75, 3.05) is 11.1 Å². The third-order valence-electron chi connectivity index (χ3n) is 3.67. The average molecular weight is 287 g/mol. The number of benzene rings is 1. The number of nitrogen functional groups attached to an aromatic ring is 1. The molecule has 0 atom stereocenters. The third-order valence-corrected chi connectivity index (χ3v) is 3.67. The number of nitrogens with two attached hydrogens (primary N) is 1. The molecule has 0 aliphatic carbocycles. The Kier molecular flexibility index (Phi) is 4.62. The summed E-state index contributed by atoms with van der Waals surface area (Å²) in [7, 11) is 0. The molecular formula is C16H21N3O2.